The van der Waals surface area contributed by atoms with E-state index in [1.165, 1.54) is 32.1 Å². The molecule has 20 heavy (non-hydrogen) atoms. The van der Waals surface area contributed by atoms with Crippen molar-refractivity contribution in [2.24, 2.45) is 5.41 Å². The molecule has 0 atom stereocenters. The molecule has 1 heterocycles. The van der Waals surface area contributed by atoms with E-state index in [9.17, 15) is 9.90 Å². The van der Waals surface area contributed by atoms with E-state index in [4.69, 9.17) is 0 Å². The summed E-state index contributed by atoms with van der Waals surface area (Å²) in [7, 11) is 0. The molecule has 0 spiro atoms. The van der Waals surface area contributed by atoms with Crippen LogP contribution in [0.1, 0.15) is 49.4 Å². The van der Waals surface area contributed by atoms with Gasteiger partial charge in [-0.3, -0.25) is 0 Å². The molecule has 0 bridgehead atoms. The van der Waals surface area contributed by atoms with Crippen molar-refractivity contribution < 1.29 is 9.90 Å². The SMILES string of the molecule is CC1(Cn2nnc3cccc(C(=O)O)c32)CCCCC1. The van der Waals surface area contributed by atoms with Crippen molar-refractivity contribution in [2.45, 2.75) is 45.6 Å². The summed E-state index contributed by atoms with van der Waals surface area (Å²) in [6.45, 7) is 3.01. The molecule has 0 amide bonds. The Morgan fingerprint density at radius 1 is 1.35 bits per heavy atom. The molecule has 0 radical (unpaired) electrons. The number of hydrogen-bond donors (Lipinski definition) is 1. The highest BCUT2D eigenvalue weighted by Gasteiger charge is 2.29. The zero-order valence-corrected chi connectivity index (χ0v) is 11.7. The number of benzene rings is 1. The lowest BCUT2D eigenvalue weighted by molar-refractivity contribution is 0.0698. The van der Waals surface area contributed by atoms with Gasteiger partial charge >= 0.3 is 5.97 Å². The highest BCUT2D eigenvalue weighted by atomic mass is 16.4. The van der Waals surface area contributed by atoms with Crippen molar-refractivity contribution in [3.63, 3.8) is 0 Å². The molecule has 1 aromatic heterocycles. The van der Waals surface area contributed by atoms with Crippen LogP contribution in [-0.2, 0) is 6.54 Å². The molecule has 0 saturated heterocycles. The maximum absolute atomic E-state index is 11.4. The number of rotatable bonds is 3. The summed E-state index contributed by atoms with van der Waals surface area (Å²) < 4.78 is 1.78. The minimum absolute atomic E-state index is 0.199. The van der Waals surface area contributed by atoms with Crippen LogP contribution in [0.2, 0.25) is 0 Å². The molecule has 1 aliphatic carbocycles. The van der Waals surface area contributed by atoms with Crippen LogP contribution in [-0.4, -0.2) is 26.1 Å². The van der Waals surface area contributed by atoms with Crippen molar-refractivity contribution in [3.05, 3.63) is 23.8 Å². The summed E-state index contributed by atoms with van der Waals surface area (Å²) in [6, 6.07) is 5.15. The Bertz CT molecular complexity index is 642. The lowest BCUT2D eigenvalue weighted by Gasteiger charge is -2.33. The molecular formula is C15H19N3O2. The molecule has 1 aliphatic rings. The Labute approximate surface area is 117 Å². The first-order valence-electron chi connectivity index (χ1n) is 7.15. The van der Waals surface area contributed by atoms with Gasteiger partial charge in [-0.15, -0.1) is 5.10 Å². The fraction of sp³-hybridized carbons (Fsp3) is 0.533. The molecule has 106 valence electrons. The molecule has 0 aliphatic heterocycles. The van der Waals surface area contributed by atoms with E-state index in [1.54, 1.807) is 16.8 Å². The molecule has 0 unspecified atom stereocenters. The molecule has 5 nitrogen and oxygen atoms in total. The van der Waals surface area contributed by atoms with Gasteiger partial charge < -0.3 is 5.11 Å². The van der Waals surface area contributed by atoms with Gasteiger partial charge in [0.15, 0.2) is 0 Å². The van der Waals surface area contributed by atoms with Crippen LogP contribution in [0, 0.1) is 5.41 Å². The fourth-order valence-corrected chi connectivity index (χ4v) is 3.24. The van der Waals surface area contributed by atoms with Gasteiger partial charge in [0.2, 0.25) is 0 Å². The number of carboxylic acids is 1. The largest absolute Gasteiger partial charge is 0.478 e. The predicted molar refractivity (Wildman–Crippen MR) is 75.7 cm³/mol. The number of carbonyl (C=O) groups is 1. The third-order valence-corrected chi connectivity index (χ3v) is 4.36. The van der Waals surface area contributed by atoms with Crippen molar-refractivity contribution in [1.82, 2.24) is 15.0 Å². The first-order chi connectivity index (χ1) is 9.59. The van der Waals surface area contributed by atoms with Gasteiger partial charge in [-0.1, -0.05) is 37.5 Å². The Kier molecular flexibility index (Phi) is 3.20. The minimum Gasteiger partial charge on any atom is -0.478 e. The van der Waals surface area contributed by atoms with E-state index >= 15 is 0 Å². The van der Waals surface area contributed by atoms with Gasteiger partial charge in [-0.05, 0) is 30.4 Å². The second-order valence-corrected chi connectivity index (χ2v) is 6.10. The normalized spacial score (nSPS) is 18.2. The van der Waals surface area contributed by atoms with Crippen molar-refractivity contribution in [1.29, 1.82) is 0 Å². The molecule has 2 aromatic rings. The average Bonchev–Trinajstić information content (AvgIpc) is 2.82. The lowest BCUT2D eigenvalue weighted by Crippen LogP contribution is -2.27. The lowest BCUT2D eigenvalue weighted by atomic mass is 9.76. The summed E-state index contributed by atoms with van der Waals surface area (Å²) >= 11 is 0. The van der Waals surface area contributed by atoms with E-state index in [0.29, 0.717) is 11.0 Å². The second kappa shape index (κ2) is 4.89. The van der Waals surface area contributed by atoms with Gasteiger partial charge in [0.25, 0.3) is 0 Å². The number of fused-ring (bicyclic) bond motifs is 1. The monoisotopic (exact) mass is 273 g/mol. The number of carboxylic acid groups (broad SMARTS) is 1. The van der Waals surface area contributed by atoms with Gasteiger partial charge in [0.1, 0.15) is 11.0 Å². The second-order valence-electron chi connectivity index (χ2n) is 6.10. The van der Waals surface area contributed by atoms with Gasteiger partial charge in [-0.2, -0.15) is 0 Å². The maximum atomic E-state index is 11.4. The standard InChI is InChI=1S/C15H19N3O2/c1-15(8-3-2-4-9-15)10-18-13-11(14(19)20)6-5-7-12(13)16-17-18/h5-7H,2-4,8-10H2,1H3,(H,19,20). The number of aromatic carboxylic acids is 1. The van der Waals surface area contributed by atoms with Crippen LogP contribution < -0.4 is 0 Å². The number of nitrogens with zero attached hydrogens (tertiary/aromatic N) is 3. The van der Waals surface area contributed by atoms with Crippen LogP contribution in [0.3, 0.4) is 0 Å². The van der Waals surface area contributed by atoms with Crippen LogP contribution in [0.25, 0.3) is 11.0 Å². The first kappa shape index (κ1) is 13.1. The highest BCUT2D eigenvalue weighted by molar-refractivity contribution is 6.00. The Morgan fingerprint density at radius 3 is 2.80 bits per heavy atom. The fourth-order valence-electron chi connectivity index (χ4n) is 3.24. The quantitative estimate of drug-likeness (QED) is 0.933. The first-order valence-corrected chi connectivity index (χ1v) is 7.15. The zero-order valence-electron chi connectivity index (χ0n) is 11.7. The van der Waals surface area contributed by atoms with Crippen molar-refractivity contribution >= 4 is 17.0 Å². The molecule has 5 heteroatoms. The van der Waals surface area contributed by atoms with Crippen LogP contribution >= 0.6 is 0 Å². The number of para-hydroxylation sites is 1. The van der Waals surface area contributed by atoms with E-state index in [-0.39, 0.29) is 11.0 Å². The molecular weight excluding hydrogens is 254 g/mol. The molecule has 1 N–H and O–H groups in total. The van der Waals surface area contributed by atoms with Crippen LogP contribution in [0.4, 0.5) is 0 Å². The number of hydrogen-bond acceptors (Lipinski definition) is 3. The highest BCUT2D eigenvalue weighted by Crippen LogP contribution is 2.37. The molecule has 1 saturated carbocycles. The summed E-state index contributed by atoms with van der Waals surface area (Å²) in [6.07, 6.45) is 6.13. The Morgan fingerprint density at radius 2 is 2.10 bits per heavy atom. The van der Waals surface area contributed by atoms with E-state index in [2.05, 4.69) is 17.2 Å². The Balaban J connectivity index is 2.01. The smallest absolute Gasteiger partial charge is 0.337 e. The zero-order chi connectivity index (χ0) is 14.2. The van der Waals surface area contributed by atoms with Gasteiger partial charge in [0.05, 0.1) is 5.56 Å². The van der Waals surface area contributed by atoms with Crippen LogP contribution in [0.15, 0.2) is 18.2 Å². The van der Waals surface area contributed by atoms with E-state index in [1.807, 2.05) is 6.07 Å². The summed E-state index contributed by atoms with van der Waals surface area (Å²) in [5.41, 5.74) is 1.79. The molecule has 3 rings (SSSR count). The Hall–Kier alpha value is -1.91. The predicted octanol–water partition coefficient (Wildman–Crippen LogP) is 3.10. The van der Waals surface area contributed by atoms with E-state index < -0.39 is 5.97 Å². The van der Waals surface area contributed by atoms with Gasteiger partial charge in [-0.25, -0.2) is 9.48 Å². The van der Waals surface area contributed by atoms with Crippen molar-refractivity contribution in [3.8, 4) is 0 Å². The third kappa shape index (κ3) is 2.28. The minimum atomic E-state index is -0.923. The number of aromatic nitrogens is 3. The van der Waals surface area contributed by atoms with Crippen LogP contribution in [0.5, 0.6) is 0 Å². The maximum Gasteiger partial charge on any atom is 0.337 e. The third-order valence-electron chi connectivity index (χ3n) is 4.36. The summed E-state index contributed by atoms with van der Waals surface area (Å²) in [5, 5.41) is 17.6. The van der Waals surface area contributed by atoms with Gasteiger partial charge in [0, 0.05) is 6.54 Å². The topological polar surface area (TPSA) is 68.0 Å². The van der Waals surface area contributed by atoms with E-state index in [0.717, 1.165) is 6.54 Å². The summed E-state index contributed by atoms with van der Waals surface area (Å²) in [5.74, 6) is -0.923. The average molecular weight is 273 g/mol. The molecule has 1 aromatic carbocycles. The van der Waals surface area contributed by atoms with Crippen molar-refractivity contribution in [2.75, 3.05) is 0 Å². The molecule has 1 fully saturated rings. The summed E-state index contributed by atoms with van der Waals surface area (Å²) in [4.78, 5) is 11.4.